The van der Waals surface area contributed by atoms with E-state index in [9.17, 15) is 14.5 Å². The van der Waals surface area contributed by atoms with Crippen LogP contribution in [0.15, 0.2) is 47.0 Å². The van der Waals surface area contributed by atoms with E-state index in [1.165, 1.54) is 18.6 Å². The number of likely N-dealkylation sites (tertiary alicyclic amines) is 1. The molecular weight excluding hydrogens is 397 g/mol. The molecule has 0 bridgehead atoms. The van der Waals surface area contributed by atoms with Gasteiger partial charge in [-0.05, 0) is 62.0 Å². The zero-order chi connectivity index (χ0) is 20.2. The van der Waals surface area contributed by atoms with Gasteiger partial charge in [-0.15, -0.1) is 10.2 Å². The molecule has 0 amide bonds. The SMILES string of the molecule is O=[N+]([O-])c1cnc(Sc2nnc(CN3CCCCC3)n2-c2ccc(F)cc2)nc1. The smallest absolute Gasteiger partial charge is 0.296 e. The Morgan fingerprint density at radius 3 is 2.41 bits per heavy atom. The van der Waals surface area contributed by atoms with Crippen LogP contribution in [0, 0.1) is 15.9 Å². The van der Waals surface area contributed by atoms with Crippen LogP contribution in [-0.4, -0.2) is 47.6 Å². The monoisotopic (exact) mass is 415 g/mol. The molecule has 0 radical (unpaired) electrons. The lowest BCUT2D eigenvalue weighted by Gasteiger charge is -2.26. The van der Waals surface area contributed by atoms with E-state index in [0.717, 1.165) is 61.6 Å². The van der Waals surface area contributed by atoms with E-state index >= 15 is 0 Å². The predicted molar refractivity (Wildman–Crippen MR) is 103 cm³/mol. The molecule has 1 aliphatic heterocycles. The number of rotatable bonds is 6. The zero-order valence-electron chi connectivity index (χ0n) is 15.4. The highest BCUT2D eigenvalue weighted by Crippen LogP contribution is 2.28. The van der Waals surface area contributed by atoms with Gasteiger partial charge in [0.1, 0.15) is 18.2 Å². The number of hydrogen-bond acceptors (Lipinski definition) is 8. The summed E-state index contributed by atoms with van der Waals surface area (Å²) in [5.41, 5.74) is 0.549. The van der Waals surface area contributed by atoms with Crippen LogP contribution in [0.1, 0.15) is 25.1 Å². The van der Waals surface area contributed by atoms with Crippen LogP contribution in [0.3, 0.4) is 0 Å². The first-order valence-electron chi connectivity index (χ1n) is 9.17. The van der Waals surface area contributed by atoms with Gasteiger partial charge in [-0.25, -0.2) is 14.4 Å². The van der Waals surface area contributed by atoms with E-state index in [-0.39, 0.29) is 11.5 Å². The number of nitrogens with zero attached hydrogens (tertiary/aromatic N) is 7. The fourth-order valence-corrected chi connectivity index (χ4v) is 3.93. The molecule has 0 N–H and O–H groups in total. The van der Waals surface area contributed by atoms with Crippen LogP contribution in [0.25, 0.3) is 5.69 Å². The van der Waals surface area contributed by atoms with Gasteiger partial charge in [-0.2, -0.15) is 0 Å². The fraction of sp³-hybridized carbons (Fsp3) is 0.333. The van der Waals surface area contributed by atoms with Crippen molar-refractivity contribution in [2.45, 2.75) is 36.1 Å². The minimum absolute atomic E-state index is 0.180. The summed E-state index contributed by atoms with van der Waals surface area (Å²) in [4.78, 5) is 20.6. The van der Waals surface area contributed by atoms with Crippen LogP contribution in [0.4, 0.5) is 10.1 Å². The van der Waals surface area contributed by atoms with Gasteiger partial charge in [-0.3, -0.25) is 19.6 Å². The molecule has 1 aromatic carbocycles. The lowest BCUT2D eigenvalue weighted by molar-refractivity contribution is -0.385. The van der Waals surface area contributed by atoms with Gasteiger partial charge in [0, 0.05) is 5.69 Å². The van der Waals surface area contributed by atoms with Gasteiger partial charge in [-0.1, -0.05) is 6.42 Å². The Morgan fingerprint density at radius 1 is 1.07 bits per heavy atom. The van der Waals surface area contributed by atoms with Crippen molar-refractivity contribution < 1.29 is 9.31 Å². The number of nitro groups is 1. The second-order valence-electron chi connectivity index (χ2n) is 6.63. The Bertz CT molecular complexity index is 988. The molecular formula is C18H18FN7O2S. The van der Waals surface area contributed by atoms with Gasteiger partial charge >= 0.3 is 5.69 Å². The summed E-state index contributed by atoms with van der Waals surface area (Å²) in [6.07, 6.45) is 5.86. The average Bonchev–Trinajstić information content (AvgIpc) is 3.12. The van der Waals surface area contributed by atoms with E-state index in [4.69, 9.17) is 0 Å². The number of benzene rings is 1. The third kappa shape index (κ3) is 4.57. The lowest BCUT2D eigenvalue weighted by Crippen LogP contribution is -2.30. The molecule has 1 aliphatic rings. The van der Waals surface area contributed by atoms with Crippen molar-refractivity contribution >= 4 is 17.4 Å². The van der Waals surface area contributed by atoms with E-state index in [1.807, 2.05) is 4.57 Å². The first-order chi connectivity index (χ1) is 14.1. The maximum atomic E-state index is 13.4. The Morgan fingerprint density at radius 2 is 1.76 bits per heavy atom. The Balaban J connectivity index is 1.65. The summed E-state index contributed by atoms with van der Waals surface area (Å²) in [6, 6.07) is 6.10. The summed E-state index contributed by atoms with van der Waals surface area (Å²) in [7, 11) is 0. The Kier molecular flexibility index (Phi) is 5.76. The second kappa shape index (κ2) is 8.62. The number of aromatic nitrogens is 5. The summed E-state index contributed by atoms with van der Waals surface area (Å²) in [6.45, 7) is 2.64. The minimum atomic E-state index is -0.549. The van der Waals surface area contributed by atoms with Crippen LogP contribution >= 0.6 is 11.8 Å². The van der Waals surface area contributed by atoms with Gasteiger partial charge in [0.05, 0.1) is 11.5 Å². The molecule has 0 atom stereocenters. The van der Waals surface area contributed by atoms with Crippen LogP contribution in [-0.2, 0) is 6.54 Å². The standard InChI is InChI=1S/C18H18FN7O2S/c19-13-4-6-14(7-5-13)25-16(12-24-8-2-1-3-9-24)22-23-18(25)29-17-20-10-15(11-21-17)26(27)28/h4-7,10-11H,1-3,8-9,12H2. The van der Waals surface area contributed by atoms with Gasteiger partial charge in [0.15, 0.2) is 11.0 Å². The molecule has 1 saturated heterocycles. The summed E-state index contributed by atoms with van der Waals surface area (Å²) >= 11 is 1.15. The second-order valence-corrected chi connectivity index (χ2v) is 7.56. The van der Waals surface area contributed by atoms with Crippen molar-refractivity contribution in [3.63, 3.8) is 0 Å². The van der Waals surface area contributed by atoms with Crippen molar-refractivity contribution in [1.29, 1.82) is 0 Å². The molecule has 150 valence electrons. The quantitative estimate of drug-likeness (QED) is 0.343. The highest BCUT2D eigenvalue weighted by atomic mass is 32.2. The maximum absolute atomic E-state index is 13.4. The number of halogens is 1. The van der Waals surface area contributed by atoms with E-state index in [2.05, 4.69) is 25.1 Å². The number of hydrogen-bond donors (Lipinski definition) is 0. The third-order valence-electron chi connectivity index (χ3n) is 4.61. The molecule has 3 aromatic rings. The van der Waals surface area contributed by atoms with Gasteiger partial charge < -0.3 is 0 Å². The highest BCUT2D eigenvalue weighted by Gasteiger charge is 2.20. The van der Waals surface area contributed by atoms with Crippen LogP contribution in [0.2, 0.25) is 0 Å². The normalized spacial score (nSPS) is 14.8. The average molecular weight is 415 g/mol. The Hall–Kier alpha value is -2.92. The van der Waals surface area contributed by atoms with Crippen molar-refractivity contribution in [3.05, 3.63) is 58.4 Å². The largest absolute Gasteiger partial charge is 0.305 e. The van der Waals surface area contributed by atoms with Crippen molar-refractivity contribution in [1.82, 2.24) is 29.6 Å². The van der Waals surface area contributed by atoms with Crippen molar-refractivity contribution in [3.8, 4) is 5.69 Å². The molecule has 0 aliphatic carbocycles. The van der Waals surface area contributed by atoms with E-state index < -0.39 is 4.92 Å². The molecule has 29 heavy (non-hydrogen) atoms. The zero-order valence-corrected chi connectivity index (χ0v) is 16.3. The minimum Gasteiger partial charge on any atom is -0.296 e. The predicted octanol–water partition coefficient (Wildman–Crippen LogP) is 3.24. The summed E-state index contributed by atoms with van der Waals surface area (Å²) in [5, 5.41) is 20.2. The molecule has 0 saturated carbocycles. The maximum Gasteiger partial charge on any atom is 0.305 e. The molecule has 11 heteroatoms. The first kappa shape index (κ1) is 19.4. The fourth-order valence-electron chi connectivity index (χ4n) is 3.17. The molecule has 9 nitrogen and oxygen atoms in total. The molecule has 2 aromatic heterocycles. The van der Waals surface area contributed by atoms with Crippen LogP contribution in [0.5, 0.6) is 0 Å². The molecule has 0 spiro atoms. The first-order valence-corrected chi connectivity index (χ1v) is 9.99. The van der Waals surface area contributed by atoms with Crippen molar-refractivity contribution in [2.75, 3.05) is 13.1 Å². The van der Waals surface area contributed by atoms with Gasteiger partial charge in [0.25, 0.3) is 0 Å². The lowest BCUT2D eigenvalue weighted by atomic mass is 10.1. The van der Waals surface area contributed by atoms with Crippen LogP contribution < -0.4 is 0 Å². The molecule has 3 heterocycles. The molecule has 0 unspecified atom stereocenters. The number of piperidine rings is 1. The molecule has 1 fully saturated rings. The summed E-state index contributed by atoms with van der Waals surface area (Å²) < 4.78 is 15.3. The topological polar surface area (TPSA) is 103 Å². The van der Waals surface area contributed by atoms with E-state index in [1.54, 1.807) is 12.1 Å². The summed E-state index contributed by atoms with van der Waals surface area (Å²) in [5.74, 6) is 0.412. The van der Waals surface area contributed by atoms with Gasteiger partial charge in [0.2, 0.25) is 5.16 Å². The Labute approximate surface area is 170 Å². The van der Waals surface area contributed by atoms with Crippen molar-refractivity contribution in [2.24, 2.45) is 0 Å². The van der Waals surface area contributed by atoms with E-state index in [0.29, 0.717) is 16.9 Å². The highest BCUT2D eigenvalue weighted by molar-refractivity contribution is 7.99. The molecule has 4 rings (SSSR count). The third-order valence-corrected chi connectivity index (χ3v) is 5.45.